The number of rotatable bonds is 3. The lowest BCUT2D eigenvalue weighted by Gasteiger charge is -2.10. The van der Waals surface area contributed by atoms with Crippen LogP contribution in [0.1, 0.15) is 17.5 Å². The number of carbonyl (C=O) groups excluding carboxylic acids is 1. The van der Waals surface area contributed by atoms with E-state index in [0.717, 1.165) is 22.6 Å². The van der Waals surface area contributed by atoms with Gasteiger partial charge in [-0.25, -0.2) is 0 Å². The van der Waals surface area contributed by atoms with E-state index in [1.807, 2.05) is 25.1 Å². The Labute approximate surface area is 95.8 Å². The molecule has 82 valence electrons. The lowest BCUT2D eigenvalue weighted by atomic mass is 10.1. The van der Waals surface area contributed by atoms with Crippen molar-refractivity contribution in [3.05, 3.63) is 34.3 Å². The van der Waals surface area contributed by atoms with Crippen LogP contribution in [0.15, 0.2) is 18.2 Å². The van der Waals surface area contributed by atoms with Crippen LogP contribution >= 0.6 is 11.6 Å². The molecule has 2 nitrogen and oxygen atoms in total. The van der Waals surface area contributed by atoms with Crippen LogP contribution in [0.25, 0.3) is 0 Å². The summed E-state index contributed by atoms with van der Waals surface area (Å²) in [5, 5.41) is 0.768. The summed E-state index contributed by atoms with van der Waals surface area (Å²) >= 11 is 6.00. The molecule has 1 aromatic carbocycles. The zero-order chi connectivity index (χ0) is 11.4. The number of amides is 1. The van der Waals surface area contributed by atoms with Crippen LogP contribution in [0, 0.1) is 6.92 Å². The van der Waals surface area contributed by atoms with Crippen molar-refractivity contribution in [3.63, 3.8) is 0 Å². The van der Waals surface area contributed by atoms with Crippen molar-refractivity contribution in [2.24, 2.45) is 0 Å². The fraction of sp³-hybridized carbons (Fsp3) is 0.417. The van der Waals surface area contributed by atoms with E-state index in [2.05, 4.69) is 0 Å². The average Bonchev–Trinajstić information content (AvgIpc) is 2.19. The summed E-state index contributed by atoms with van der Waals surface area (Å²) in [6, 6.07) is 5.93. The van der Waals surface area contributed by atoms with Gasteiger partial charge in [0.15, 0.2) is 0 Å². The Morgan fingerprint density at radius 1 is 1.40 bits per heavy atom. The summed E-state index contributed by atoms with van der Waals surface area (Å²) in [6.07, 6.45) is 1.28. The van der Waals surface area contributed by atoms with E-state index < -0.39 is 0 Å². The molecule has 0 saturated carbocycles. The average molecular weight is 226 g/mol. The zero-order valence-electron chi connectivity index (χ0n) is 9.38. The third-order valence-electron chi connectivity index (χ3n) is 2.36. The molecule has 3 heteroatoms. The molecule has 0 aliphatic rings. The Balaban J connectivity index is 2.58. The minimum Gasteiger partial charge on any atom is -0.349 e. The highest BCUT2D eigenvalue weighted by Crippen LogP contribution is 2.17. The zero-order valence-corrected chi connectivity index (χ0v) is 10.1. The summed E-state index contributed by atoms with van der Waals surface area (Å²) in [5.74, 6) is 0.145. The first-order valence-electron chi connectivity index (χ1n) is 4.96. The van der Waals surface area contributed by atoms with E-state index in [9.17, 15) is 4.79 Å². The van der Waals surface area contributed by atoms with E-state index in [1.54, 1.807) is 19.0 Å². The number of benzene rings is 1. The fourth-order valence-electron chi connectivity index (χ4n) is 1.27. The summed E-state index contributed by atoms with van der Waals surface area (Å²) in [7, 11) is 3.54. The minimum absolute atomic E-state index is 0.145. The van der Waals surface area contributed by atoms with Gasteiger partial charge in [0.1, 0.15) is 0 Å². The predicted octanol–water partition coefficient (Wildman–Crippen LogP) is 2.67. The summed E-state index contributed by atoms with van der Waals surface area (Å²) in [6.45, 7) is 1.97. The second-order valence-corrected chi connectivity index (χ2v) is 4.28. The molecule has 0 bridgehead atoms. The van der Waals surface area contributed by atoms with Gasteiger partial charge in [0, 0.05) is 25.5 Å². The number of aryl methyl sites for hydroxylation is 2. The van der Waals surface area contributed by atoms with Crippen LogP contribution in [-0.2, 0) is 11.2 Å². The summed E-state index contributed by atoms with van der Waals surface area (Å²) in [5.41, 5.74) is 2.18. The number of carbonyl (C=O) groups is 1. The van der Waals surface area contributed by atoms with Crippen molar-refractivity contribution >= 4 is 17.5 Å². The van der Waals surface area contributed by atoms with Gasteiger partial charge in [0.05, 0.1) is 0 Å². The van der Waals surface area contributed by atoms with Crippen LogP contribution < -0.4 is 0 Å². The molecule has 1 rings (SSSR count). The topological polar surface area (TPSA) is 20.3 Å². The van der Waals surface area contributed by atoms with Crippen molar-refractivity contribution < 1.29 is 4.79 Å². The van der Waals surface area contributed by atoms with Gasteiger partial charge in [0.2, 0.25) is 5.91 Å². The van der Waals surface area contributed by atoms with Gasteiger partial charge in [-0.3, -0.25) is 4.79 Å². The maximum absolute atomic E-state index is 11.4. The molecule has 0 aliphatic heterocycles. The van der Waals surface area contributed by atoms with Gasteiger partial charge >= 0.3 is 0 Å². The monoisotopic (exact) mass is 225 g/mol. The minimum atomic E-state index is 0.145. The Kier molecular flexibility index (Phi) is 4.15. The highest BCUT2D eigenvalue weighted by molar-refractivity contribution is 6.31. The number of nitrogens with zero attached hydrogens (tertiary/aromatic N) is 1. The molecule has 0 unspecified atom stereocenters. The van der Waals surface area contributed by atoms with Gasteiger partial charge in [-0.15, -0.1) is 0 Å². The molecule has 1 amide bonds. The summed E-state index contributed by atoms with van der Waals surface area (Å²) < 4.78 is 0. The smallest absolute Gasteiger partial charge is 0.222 e. The van der Waals surface area contributed by atoms with E-state index in [0.29, 0.717) is 6.42 Å². The summed E-state index contributed by atoms with van der Waals surface area (Å²) in [4.78, 5) is 13.0. The van der Waals surface area contributed by atoms with Crippen molar-refractivity contribution in [1.82, 2.24) is 4.90 Å². The molecule has 0 aromatic heterocycles. The molecule has 0 saturated heterocycles. The Hall–Kier alpha value is -1.02. The molecule has 0 aliphatic carbocycles. The standard InChI is InChI=1S/C12H16ClNO/c1-9-4-5-10(8-11(9)13)6-7-12(15)14(2)3/h4-5,8H,6-7H2,1-3H3. The van der Waals surface area contributed by atoms with E-state index in [-0.39, 0.29) is 5.91 Å². The molecule has 0 atom stereocenters. The molecular weight excluding hydrogens is 210 g/mol. The Morgan fingerprint density at radius 2 is 2.07 bits per heavy atom. The number of halogens is 1. The predicted molar refractivity (Wildman–Crippen MR) is 63.2 cm³/mol. The van der Waals surface area contributed by atoms with Crippen LogP contribution in [0.2, 0.25) is 5.02 Å². The molecule has 0 spiro atoms. The van der Waals surface area contributed by atoms with Gasteiger partial charge in [-0.05, 0) is 30.5 Å². The van der Waals surface area contributed by atoms with E-state index >= 15 is 0 Å². The molecule has 0 radical (unpaired) electrons. The molecule has 0 N–H and O–H groups in total. The van der Waals surface area contributed by atoms with Crippen LogP contribution in [0.4, 0.5) is 0 Å². The highest BCUT2D eigenvalue weighted by atomic mass is 35.5. The van der Waals surface area contributed by atoms with Gasteiger partial charge in [-0.2, -0.15) is 0 Å². The SMILES string of the molecule is Cc1ccc(CCC(=O)N(C)C)cc1Cl. The van der Waals surface area contributed by atoms with Crippen molar-refractivity contribution in [2.75, 3.05) is 14.1 Å². The molecule has 15 heavy (non-hydrogen) atoms. The lowest BCUT2D eigenvalue weighted by Crippen LogP contribution is -2.21. The second kappa shape index (κ2) is 5.17. The number of hydrogen-bond acceptors (Lipinski definition) is 1. The van der Waals surface area contributed by atoms with Crippen molar-refractivity contribution in [1.29, 1.82) is 0 Å². The maximum atomic E-state index is 11.4. The normalized spacial score (nSPS) is 10.1. The lowest BCUT2D eigenvalue weighted by molar-refractivity contribution is -0.128. The molecular formula is C12H16ClNO. The molecule has 0 heterocycles. The quantitative estimate of drug-likeness (QED) is 0.775. The Morgan fingerprint density at radius 3 is 2.60 bits per heavy atom. The molecule has 0 fully saturated rings. The first-order valence-corrected chi connectivity index (χ1v) is 5.33. The third-order valence-corrected chi connectivity index (χ3v) is 2.77. The second-order valence-electron chi connectivity index (χ2n) is 3.87. The maximum Gasteiger partial charge on any atom is 0.222 e. The largest absolute Gasteiger partial charge is 0.349 e. The van der Waals surface area contributed by atoms with Crippen molar-refractivity contribution in [3.8, 4) is 0 Å². The first-order chi connectivity index (χ1) is 7.00. The van der Waals surface area contributed by atoms with Crippen LogP contribution in [0.5, 0.6) is 0 Å². The van der Waals surface area contributed by atoms with E-state index in [1.165, 1.54) is 0 Å². The van der Waals surface area contributed by atoms with Gasteiger partial charge < -0.3 is 4.90 Å². The van der Waals surface area contributed by atoms with Crippen LogP contribution in [0.3, 0.4) is 0 Å². The van der Waals surface area contributed by atoms with E-state index in [4.69, 9.17) is 11.6 Å². The van der Waals surface area contributed by atoms with Crippen molar-refractivity contribution in [2.45, 2.75) is 19.8 Å². The van der Waals surface area contributed by atoms with Crippen LogP contribution in [-0.4, -0.2) is 24.9 Å². The first kappa shape index (κ1) is 12.1. The third kappa shape index (κ3) is 3.56. The van der Waals surface area contributed by atoms with Gasteiger partial charge in [0.25, 0.3) is 0 Å². The number of hydrogen-bond donors (Lipinski definition) is 0. The van der Waals surface area contributed by atoms with Gasteiger partial charge in [-0.1, -0.05) is 23.7 Å². The fourth-order valence-corrected chi connectivity index (χ4v) is 1.47. The Bertz CT molecular complexity index is 361. The molecule has 1 aromatic rings. The highest BCUT2D eigenvalue weighted by Gasteiger charge is 2.05.